The van der Waals surface area contributed by atoms with E-state index >= 15 is 0 Å². The number of aryl methyl sites for hydroxylation is 1. The van der Waals surface area contributed by atoms with E-state index in [0.717, 1.165) is 13.0 Å². The van der Waals surface area contributed by atoms with Crippen molar-refractivity contribution in [3.8, 4) is 0 Å². The van der Waals surface area contributed by atoms with Crippen LogP contribution in [0.3, 0.4) is 0 Å². The van der Waals surface area contributed by atoms with Gasteiger partial charge < -0.3 is 9.64 Å². The lowest BCUT2D eigenvalue weighted by Crippen LogP contribution is -2.35. The molecule has 0 spiro atoms. The van der Waals surface area contributed by atoms with Gasteiger partial charge in [0.1, 0.15) is 5.69 Å². The topological polar surface area (TPSA) is 47.4 Å². The maximum atomic E-state index is 12.6. The Bertz CT molecular complexity index is 749. The van der Waals surface area contributed by atoms with E-state index in [-0.39, 0.29) is 5.91 Å². The number of hydrogen-bond donors (Lipinski definition) is 0. The second-order valence-corrected chi connectivity index (χ2v) is 6.06. The van der Waals surface area contributed by atoms with Crippen LogP contribution < -0.4 is 0 Å². The minimum Gasteiger partial charge on any atom is -0.383 e. The van der Waals surface area contributed by atoms with Crippen molar-refractivity contribution in [3.05, 3.63) is 59.4 Å². The van der Waals surface area contributed by atoms with Crippen LogP contribution in [0, 0.1) is 6.92 Å². The maximum absolute atomic E-state index is 12.6. The summed E-state index contributed by atoms with van der Waals surface area (Å²) < 4.78 is 6.77. The number of amides is 1. The van der Waals surface area contributed by atoms with Crippen molar-refractivity contribution in [1.29, 1.82) is 0 Å². The zero-order valence-electron chi connectivity index (χ0n) is 14.2. The number of methoxy groups -OCH3 is 1. The molecule has 0 saturated carbocycles. The van der Waals surface area contributed by atoms with Gasteiger partial charge in [0, 0.05) is 26.4 Å². The van der Waals surface area contributed by atoms with Gasteiger partial charge in [0.2, 0.25) is 0 Å². The monoisotopic (exact) mass is 325 g/mol. The van der Waals surface area contributed by atoms with E-state index in [2.05, 4.69) is 42.4 Å². The Morgan fingerprint density at radius 1 is 1.33 bits per heavy atom. The fourth-order valence-corrected chi connectivity index (χ4v) is 2.91. The zero-order chi connectivity index (χ0) is 16.9. The molecule has 1 aromatic heterocycles. The van der Waals surface area contributed by atoms with Gasteiger partial charge in [0.05, 0.1) is 13.2 Å². The van der Waals surface area contributed by atoms with E-state index in [1.54, 1.807) is 17.9 Å². The van der Waals surface area contributed by atoms with E-state index < -0.39 is 0 Å². The Hall–Kier alpha value is -2.40. The molecule has 2 heterocycles. The van der Waals surface area contributed by atoms with Crippen LogP contribution in [-0.4, -0.2) is 47.4 Å². The van der Waals surface area contributed by atoms with Crippen LogP contribution in [0.2, 0.25) is 0 Å². The first-order valence-electron chi connectivity index (χ1n) is 8.25. The van der Waals surface area contributed by atoms with Gasteiger partial charge in [0.25, 0.3) is 5.91 Å². The van der Waals surface area contributed by atoms with Crippen LogP contribution in [0.25, 0.3) is 5.57 Å². The predicted molar refractivity (Wildman–Crippen MR) is 93.8 cm³/mol. The summed E-state index contributed by atoms with van der Waals surface area (Å²) in [7, 11) is 1.65. The van der Waals surface area contributed by atoms with Gasteiger partial charge in [0.15, 0.2) is 0 Å². The molecule has 1 amide bonds. The molecule has 3 rings (SSSR count). The minimum absolute atomic E-state index is 0.00860. The summed E-state index contributed by atoms with van der Waals surface area (Å²) >= 11 is 0. The quantitative estimate of drug-likeness (QED) is 0.849. The van der Waals surface area contributed by atoms with E-state index in [1.165, 1.54) is 16.7 Å². The molecule has 0 fully saturated rings. The number of ether oxygens (including phenoxy) is 1. The number of benzene rings is 1. The average Bonchev–Trinajstić information content (AvgIpc) is 3.08. The summed E-state index contributed by atoms with van der Waals surface area (Å²) in [6, 6.07) is 10.3. The molecule has 5 nitrogen and oxygen atoms in total. The lowest BCUT2D eigenvalue weighted by molar-refractivity contribution is 0.0765. The Morgan fingerprint density at radius 2 is 2.21 bits per heavy atom. The van der Waals surface area contributed by atoms with Crippen LogP contribution in [0.5, 0.6) is 0 Å². The van der Waals surface area contributed by atoms with E-state index in [4.69, 9.17) is 4.74 Å². The highest BCUT2D eigenvalue weighted by atomic mass is 16.5. The van der Waals surface area contributed by atoms with Gasteiger partial charge >= 0.3 is 0 Å². The molecule has 24 heavy (non-hydrogen) atoms. The van der Waals surface area contributed by atoms with Crippen molar-refractivity contribution in [2.24, 2.45) is 0 Å². The zero-order valence-corrected chi connectivity index (χ0v) is 14.2. The lowest BCUT2D eigenvalue weighted by atomic mass is 9.98. The molecule has 5 heteroatoms. The Balaban J connectivity index is 1.65. The highest BCUT2D eigenvalue weighted by molar-refractivity contribution is 5.92. The summed E-state index contributed by atoms with van der Waals surface area (Å²) in [5, 5.41) is 4.34. The standard InChI is InChI=1S/C19H23N3O2/c1-15-4-3-5-17(14-15)16-6-9-21(10-7-16)19(23)18-8-11-22(20-18)12-13-24-2/h3-6,8,11,14H,7,9-10,12-13H2,1-2H3. The van der Waals surface area contributed by atoms with Crippen LogP contribution >= 0.6 is 0 Å². The van der Waals surface area contributed by atoms with Gasteiger partial charge in [-0.25, -0.2) is 0 Å². The summed E-state index contributed by atoms with van der Waals surface area (Å²) in [6.07, 6.45) is 4.85. The van der Waals surface area contributed by atoms with Crippen molar-refractivity contribution in [2.75, 3.05) is 26.8 Å². The van der Waals surface area contributed by atoms with Crippen molar-refractivity contribution < 1.29 is 9.53 Å². The summed E-state index contributed by atoms with van der Waals surface area (Å²) in [5.74, 6) is -0.00860. The smallest absolute Gasteiger partial charge is 0.274 e. The first-order valence-corrected chi connectivity index (χ1v) is 8.25. The van der Waals surface area contributed by atoms with Crippen molar-refractivity contribution in [3.63, 3.8) is 0 Å². The second-order valence-electron chi connectivity index (χ2n) is 6.06. The molecular formula is C19H23N3O2. The molecule has 0 radical (unpaired) electrons. The molecule has 1 aromatic carbocycles. The van der Waals surface area contributed by atoms with Crippen molar-refractivity contribution >= 4 is 11.5 Å². The van der Waals surface area contributed by atoms with Crippen LogP contribution in [0.4, 0.5) is 0 Å². The lowest BCUT2D eigenvalue weighted by Gasteiger charge is -2.26. The Labute approximate surface area is 142 Å². The largest absolute Gasteiger partial charge is 0.383 e. The summed E-state index contributed by atoms with van der Waals surface area (Å²) in [4.78, 5) is 14.4. The van der Waals surface area contributed by atoms with E-state index in [0.29, 0.717) is 25.4 Å². The molecule has 0 aliphatic carbocycles. The van der Waals surface area contributed by atoms with Crippen LogP contribution in [0.15, 0.2) is 42.6 Å². The number of nitrogens with zero attached hydrogens (tertiary/aromatic N) is 3. The minimum atomic E-state index is -0.00860. The fourth-order valence-electron chi connectivity index (χ4n) is 2.91. The first kappa shape index (κ1) is 16.5. The molecule has 0 atom stereocenters. The van der Waals surface area contributed by atoms with Crippen LogP contribution in [-0.2, 0) is 11.3 Å². The van der Waals surface area contributed by atoms with Crippen molar-refractivity contribution in [2.45, 2.75) is 19.9 Å². The molecule has 0 N–H and O–H groups in total. The Kier molecular flexibility index (Phi) is 5.11. The van der Waals surface area contributed by atoms with Gasteiger partial charge in [-0.1, -0.05) is 35.9 Å². The van der Waals surface area contributed by atoms with E-state index in [1.807, 2.05) is 11.1 Å². The number of carbonyl (C=O) groups excluding carboxylic acids is 1. The molecule has 126 valence electrons. The predicted octanol–water partition coefficient (Wildman–Crippen LogP) is 2.77. The Morgan fingerprint density at radius 3 is 2.92 bits per heavy atom. The van der Waals surface area contributed by atoms with Gasteiger partial charge in [-0.3, -0.25) is 9.48 Å². The SMILES string of the molecule is COCCn1ccc(C(=O)N2CC=C(c3cccc(C)c3)CC2)n1. The highest BCUT2D eigenvalue weighted by Crippen LogP contribution is 2.23. The average molecular weight is 325 g/mol. The van der Waals surface area contributed by atoms with Crippen LogP contribution in [0.1, 0.15) is 28.0 Å². The van der Waals surface area contributed by atoms with E-state index in [9.17, 15) is 4.79 Å². The fraction of sp³-hybridized carbons (Fsp3) is 0.368. The van der Waals surface area contributed by atoms with Crippen molar-refractivity contribution in [1.82, 2.24) is 14.7 Å². The second kappa shape index (κ2) is 7.45. The molecule has 0 bridgehead atoms. The van der Waals surface area contributed by atoms with Gasteiger partial charge in [-0.2, -0.15) is 5.10 Å². The number of carbonyl (C=O) groups is 1. The molecule has 0 unspecified atom stereocenters. The summed E-state index contributed by atoms with van der Waals surface area (Å²) in [5.41, 5.74) is 4.33. The normalized spacial score (nSPS) is 14.6. The molecule has 1 aliphatic rings. The third-order valence-electron chi connectivity index (χ3n) is 4.27. The molecule has 0 saturated heterocycles. The summed E-state index contributed by atoms with van der Waals surface area (Å²) in [6.45, 7) is 4.70. The molecule has 2 aromatic rings. The maximum Gasteiger partial charge on any atom is 0.274 e. The third-order valence-corrected chi connectivity index (χ3v) is 4.27. The third kappa shape index (κ3) is 3.74. The number of hydrogen-bond acceptors (Lipinski definition) is 3. The highest BCUT2D eigenvalue weighted by Gasteiger charge is 2.21. The van der Waals surface area contributed by atoms with Gasteiger partial charge in [-0.15, -0.1) is 0 Å². The first-order chi connectivity index (χ1) is 11.7. The van der Waals surface area contributed by atoms with Gasteiger partial charge in [-0.05, 0) is 30.5 Å². The number of aromatic nitrogens is 2. The molecule has 1 aliphatic heterocycles. The molecular weight excluding hydrogens is 302 g/mol. The number of rotatable bonds is 5.